The minimum absolute atomic E-state index is 0.161. The number of benzene rings is 4. The van der Waals surface area contributed by atoms with Crippen LogP contribution in [0.5, 0.6) is 0 Å². The van der Waals surface area contributed by atoms with Gasteiger partial charge in [0.05, 0.1) is 16.7 Å². The minimum Gasteiger partial charge on any atom is -0.338 e. The predicted octanol–water partition coefficient (Wildman–Crippen LogP) is 6.21. The number of hydrogen-bond acceptors (Lipinski definition) is 3. The number of anilines is 1. The number of carbonyl (C=O) groups is 1. The van der Waals surface area contributed by atoms with Gasteiger partial charge in [-0.05, 0) is 37.3 Å². The number of imidazole rings is 1. The Bertz CT molecular complexity index is 1470. The van der Waals surface area contributed by atoms with Crippen LogP contribution in [-0.4, -0.2) is 21.6 Å². The van der Waals surface area contributed by atoms with Crippen LogP contribution in [0.25, 0.3) is 22.4 Å². The highest BCUT2D eigenvalue weighted by atomic mass is 16.1. The maximum Gasteiger partial charge on any atom is 0.255 e. The normalized spacial score (nSPS) is 10.8. The number of amides is 1. The summed E-state index contributed by atoms with van der Waals surface area (Å²) in [7, 11) is 0. The Kier molecular flexibility index (Phi) is 5.29. The standard InChI is InChI=1S/C28H22N4O/c1-18-11-13-19(14-12-18)26(29)22-9-5-6-10-23(22)27-31-24-16-15-21(17-25(24)32-27)30-28(33)20-7-3-2-4-8-20/h2-17,29H,1H3,(H,30,33)(H,31,32). The Morgan fingerprint density at radius 3 is 2.36 bits per heavy atom. The van der Waals surface area contributed by atoms with E-state index in [9.17, 15) is 4.79 Å². The predicted molar refractivity (Wildman–Crippen MR) is 133 cm³/mol. The first-order chi connectivity index (χ1) is 16.1. The Labute approximate surface area is 191 Å². The van der Waals surface area contributed by atoms with Crippen LogP contribution in [0.2, 0.25) is 0 Å². The summed E-state index contributed by atoms with van der Waals surface area (Å²) in [6, 6.07) is 30.5. The van der Waals surface area contributed by atoms with Crippen LogP contribution in [0.1, 0.15) is 27.0 Å². The molecule has 0 radical (unpaired) electrons. The van der Waals surface area contributed by atoms with Gasteiger partial charge < -0.3 is 10.3 Å². The Balaban J connectivity index is 1.47. The highest BCUT2D eigenvalue weighted by Gasteiger charge is 2.15. The average Bonchev–Trinajstić information content (AvgIpc) is 3.28. The molecule has 0 atom stereocenters. The molecule has 0 saturated carbocycles. The second-order valence-electron chi connectivity index (χ2n) is 7.92. The summed E-state index contributed by atoms with van der Waals surface area (Å²) in [5, 5.41) is 11.7. The van der Waals surface area contributed by atoms with E-state index in [4.69, 9.17) is 10.4 Å². The van der Waals surface area contributed by atoms with E-state index in [1.54, 1.807) is 12.1 Å². The van der Waals surface area contributed by atoms with Crippen LogP contribution >= 0.6 is 0 Å². The van der Waals surface area contributed by atoms with Gasteiger partial charge in [0, 0.05) is 27.9 Å². The molecule has 1 heterocycles. The zero-order chi connectivity index (χ0) is 22.8. The molecule has 0 aliphatic rings. The summed E-state index contributed by atoms with van der Waals surface area (Å²) < 4.78 is 0. The van der Waals surface area contributed by atoms with Crippen molar-refractivity contribution >= 4 is 28.3 Å². The second kappa shape index (κ2) is 8.55. The summed E-state index contributed by atoms with van der Waals surface area (Å²) in [5.41, 5.74) is 7.02. The summed E-state index contributed by atoms with van der Waals surface area (Å²) >= 11 is 0. The summed E-state index contributed by atoms with van der Waals surface area (Å²) in [5.74, 6) is 0.524. The first kappa shape index (κ1) is 20.4. The van der Waals surface area contributed by atoms with Gasteiger partial charge in [0.2, 0.25) is 0 Å². The van der Waals surface area contributed by atoms with E-state index >= 15 is 0 Å². The van der Waals surface area contributed by atoms with Gasteiger partial charge >= 0.3 is 0 Å². The fraction of sp³-hybridized carbons (Fsp3) is 0.0357. The number of carbonyl (C=O) groups excluding carboxylic acids is 1. The van der Waals surface area contributed by atoms with Crippen LogP contribution < -0.4 is 5.32 Å². The first-order valence-electron chi connectivity index (χ1n) is 10.7. The van der Waals surface area contributed by atoms with Crippen LogP contribution in [0.15, 0.2) is 97.1 Å². The lowest BCUT2D eigenvalue weighted by Crippen LogP contribution is -2.11. The molecule has 5 heteroatoms. The van der Waals surface area contributed by atoms with Crippen molar-refractivity contribution in [2.24, 2.45) is 0 Å². The molecule has 5 rings (SSSR count). The third kappa shape index (κ3) is 4.16. The molecule has 0 bridgehead atoms. The van der Waals surface area contributed by atoms with Crippen molar-refractivity contribution in [2.75, 3.05) is 5.32 Å². The van der Waals surface area contributed by atoms with Crippen LogP contribution in [0, 0.1) is 12.3 Å². The maximum atomic E-state index is 12.5. The molecule has 5 nitrogen and oxygen atoms in total. The third-order valence-electron chi connectivity index (χ3n) is 5.57. The van der Waals surface area contributed by atoms with E-state index in [2.05, 4.69) is 10.3 Å². The molecule has 3 N–H and O–H groups in total. The van der Waals surface area contributed by atoms with Gasteiger partial charge in [0.25, 0.3) is 5.91 Å². The number of aryl methyl sites for hydroxylation is 1. The molecule has 4 aromatic carbocycles. The van der Waals surface area contributed by atoms with Crippen molar-refractivity contribution < 1.29 is 4.79 Å². The van der Waals surface area contributed by atoms with E-state index in [1.165, 1.54) is 0 Å². The number of aromatic nitrogens is 2. The molecule has 1 amide bonds. The van der Waals surface area contributed by atoms with Crippen molar-refractivity contribution in [1.82, 2.24) is 9.97 Å². The lowest BCUT2D eigenvalue weighted by atomic mass is 9.97. The smallest absolute Gasteiger partial charge is 0.255 e. The number of nitrogens with one attached hydrogen (secondary N) is 3. The molecule has 1 aromatic heterocycles. The highest BCUT2D eigenvalue weighted by Crippen LogP contribution is 2.27. The van der Waals surface area contributed by atoms with Crippen molar-refractivity contribution in [3.63, 3.8) is 0 Å². The van der Waals surface area contributed by atoms with E-state index in [0.29, 0.717) is 22.8 Å². The van der Waals surface area contributed by atoms with Gasteiger partial charge in [-0.1, -0.05) is 72.3 Å². The van der Waals surface area contributed by atoms with Gasteiger partial charge in [0.15, 0.2) is 0 Å². The summed E-state index contributed by atoms with van der Waals surface area (Å²) in [4.78, 5) is 20.6. The number of rotatable bonds is 5. The van der Waals surface area contributed by atoms with Gasteiger partial charge in [-0.25, -0.2) is 4.98 Å². The summed E-state index contributed by atoms with van der Waals surface area (Å²) in [6.07, 6.45) is 0. The largest absolute Gasteiger partial charge is 0.338 e. The molecule has 0 saturated heterocycles. The van der Waals surface area contributed by atoms with Crippen molar-refractivity contribution in [2.45, 2.75) is 6.92 Å². The fourth-order valence-corrected chi connectivity index (χ4v) is 3.79. The maximum absolute atomic E-state index is 12.5. The van der Waals surface area contributed by atoms with Gasteiger partial charge in [-0.15, -0.1) is 0 Å². The molecule has 0 aliphatic carbocycles. The van der Waals surface area contributed by atoms with Crippen molar-refractivity contribution in [1.29, 1.82) is 5.41 Å². The third-order valence-corrected chi connectivity index (χ3v) is 5.57. The number of hydrogen-bond donors (Lipinski definition) is 3. The van der Waals surface area contributed by atoms with Crippen LogP contribution in [-0.2, 0) is 0 Å². The van der Waals surface area contributed by atoms with E-state index in [1.807, 2.05) is 91.9 Å². The lowest BCUT2D eigenvalue weighted by molar-refractivity contribution is 0.102. The first-order valence-corrected chi connectivity index (χ1v) is 10.7. The molecular formula is C28H22N4O. The number of H-pyrrole nitrogens is 1. The molecule has 33 heavy (non-hydrogen) atoms. The van der Waals surface area contributed by atoms with Gasteiger partial charge in [-0.2, -0.15) is 0 Å². The van der Waals surface area contributed by atoms with Crippen LogP contribution in [0.3, 0.4) is 0 Å². The minimum atomic E-state index is -0.161. The molecular weight excluding hydrogens is 408 g/mol. The Morgan fingerprint density at radius 2 is 1.58 bits per heavy atom. The quantitative estimate of drug-likeness (QED) is 0.290. The van der Waals surface area contributed by atoms with Crippen molar-refractivity contribution in [3.8, 4) is 11.4 Å². The summed E-state index contributed by atoms with van der Waals surface area (Å²) in [6.45, 7) is 2.03. The van der Waals surface area contributed by atoms with E-state index < -0.39 is 0 Å². The van der Waals surface area contributed by atoms with Gasteiger partial charge in [0.1, 0.15) is 5.82 Å². The molecule has 0 unspecified atom stereocenters. The molecule has 5 aromatic rings. The zero-order valence-corrected chi connectivity index (χ0v) is 18.1. The SMILES string of the molecule is Cc1ccc(C(=N)c2ccccc2-c2nc3ccc(NC(=O)c4ccccc4)cc3[nH]2)cc1. The lowest BCUT2D eigenvalue weighted by Gasteiger charge is -2.09. The monoisotopic (exact) mass is 430 g/mol. The van der Waals surface area contributed by atoms with E-state index in [-0.39, 0.29) is 5.91 Å². The second-order valence-corrected chi connectivity index (χ2v) is 7.92. The van der Waals surface area contributed by atoms with E-state index in [0.717, 1.165) is 33.3 Å². The average molecular weight is 431 g/mol. The number of fused-ring (bicyclic) bond motifs is 1. The van der Waals surface area contributed by atoms with Crippen molar-refractivity contribution in [3.05, 3.63) is 119 Å². The highest BCUT2D eigenvalue weighted by molar-refractivity contribution is 6.14. The topological polar surface area (TPSA) is 81.6 Å². The number of nitrogens with zero attached hydrogens (tertiary/aromatic N) is 1. The number of aromatic amines is 1. The molecule has 160 valence electrons. The Morgan fingerprint density at radius 1 is 0.848 bits per heavy atom. The zero-order valence-electron chi connectivity index (χ0n) is 18.1. The molecule has 0 fully saturated rings. The molecule has 0 spiro atoms. The molecule has 0 aliphatic heterocycles. The van der Waals surface area contributed by atoms with Gasteiger partial charge in [-0.3, -0.25) is 10.2 Å². The Hall–Kier alpha value is -4.51. The fourth-order valence-electron chi connectivity index (χ4n) is 3.79. The van der Waals surface area contributed by atoms with Crippen LogP contribution in [0.4, 0.5) is 5.69 Å².